The predicted octanol–water partition coefficient (Wildman–Crippen LogP) is 2.49. The van der Waals surface area contributed by atoms with Crippen molar-refractivity contribution >= 4 is 12.5 Å². The molecule has 0 aliphatic heterocycles. The molecule has 0 amide bonds. The maximum absolute atomic E-state index is 10.6. The van der Waals surface area contributed by atoms with Gasteiger partial charge in [0.05, 0.1) is 5.60 Å². The van der Waals surface area contributed by atoms with Gasteiger partial charge in [0.2, 0.25) is 0 Å². The number of aliphatic imine (C=N–C) groups is 1. The van der Waals surface area contributed by atoms with E-state index in [2.05, 4.69) is 18.8 Å². The molecule has 1 rings (SSSR count). The SMILES string of the molecule is CCOC(C)(C)CCN=CC1CCC1C=O. The topological polar surface area (TPSA) is 38.7 Å². The van der Waals surface area contributed by atoms with Crippen LogP contribution in [0.5, 0.6) is 0 Å². The molecular formula is C13H23NO2. The molecule has 0 radical (unpaired) electrons. The molecule has 2 unspecified atom stereocenters. The Morgan fingerprint density at radius 2 is 2.06 bits per heavy atom. The van der Waals surface area contributed by atoms with E-state index in [9.17, 15) is 4.79 Å². The highest BCUT2D eigenvalue weighted by Gasteiger charge is 2.28. The van der Waals surface area contributed by atoms with E-state index in [1.54, 1.807) is 0 Å². The lowest BCUT2D eigenvalue weighted by molar-refractivity contribution is -0.114. The maximum atomic E-state index is 10.6. The first-order chi connectivity index (χ1) is 7.59. The van der Waals surface area contributed by atoms with Crippen molar-refractivity contribution in [3.63, 3.8) is 0 Å². The molecule has 0 N–H and O–H groups in total. The van der Waals surface area contributed by atoms with Crippen molar-refractivity contribution in [3.8, 4) is 0 Å². The third kappa shape index (κ3) is 4.05. The van der Waals surface area contributed by atoms with Crippen molar-refractivity contribution in [3.05, 3.63) is 0 Å². The van der Waals surface area contributed by atoms with Gasteiger partial charge in [-0.2, -0.15) is 0 Å². The molecule has 0 saturated heterocycles. The van der Waals surface area contributed by atoms with Crippen LogP contribution in [0.15, 0.2) is 4.99 Å². The molecule has 0 aromatic carbocycles. The quantitative estimate of drug-likeness (QED) is 0.493. The summed E-state index contributed by atoms with van der Waals surface area (Å²) in [7, 11) is 0. The van der Waals surface area contributed by atoms with E-state index in [0.29, 0.717) is 5.92 Å². The van der Waals surface area contributed by atoms with E-state index in [4.69, 9.17) is 4.74 Å². The molecule has 0 spiro atoms. The van der Waals surface area contributed by atoms with Gasteiger partial charge in [-0.15, -0.1) is 0 Å². The summed E-state index contributed by atoms with van der Waals surface area (Å²) < 4.78 is 5.59. The normalized spacial score (nSPS) is 25.7. The van der Waals surface area contributed by atoms with E-state index in [0.717, 1.165) is 38.7 Å². The summed E-state index contributed by atoms with van der Waals surface area (Å²) >= 11 is 0. The summed E-state index contributed by atoms with van der Waals surface area (Å²) in [5.41, 5.74) is -0.0875. The van der Waals surface area contributed by atoms with Crippen LogP contribution >= 0.6 is 0 Å². The van der Waals surface area contributed by atoms with Gasteiger partial charge in [-0.05, 0) is 40.0 Å². The van der Waals surface area contributed by atoms with Crippen molar-refractivity contribution < 1.29 is 9.53 Å². The van der Waals surface area contributed by atoms with Gasteiger partial charge in [-0.25, -0.2) is 0 Å². The highest BCUT2D eigenvalue weighted by molar-refractivity contribution is 5.70. The summed E-state index contributed by atoms with van der Waals surface area (Å²) in [6.45, 7) is 7.71. The molecular weight excluding hydrogens is 202 g/mol. The van der Waals surface area contributed by atoms with Crippen LogP contribution in [0, 0.1) is 11.8 Å². The van der Waals surface area contributed by atoms with E-state index in [-0.39, 0.29) is 11.5 Å². The molecule has 2 atom stereocenters. The summed E-state index contributed by atoms with van der Waals surface area (Å²) in [5.74, 6) is 0.622. The zero-order valence-corrected chi connectivity index (χ0v) is 10.6. The standard InChI is InChI=1S/C13H23NO2/c1-4-16-13(2,3)7-8-14-9-11-5-6-12(11)10-15/h9-12H,4-8H2,1-3H3. The first kappa shape index (κ1) is 13.4. The summed E-state index contributed by atoms with van der Waals surface area (Å²) in [4.78, 5) is 15.0. The minimum atomic E-state index is -0.0875. The largest absolute Gasteiger partial charge is 0.376 e. The molecule has 1 aliphatic rings. The van der Waals surface area contributed by atoms with Gasteiger partial charge in [-0.3, -0.25) is 4.99 Å². The minimum Gasteiger partial charge on any atom is -0.376 e. The van der Waals surface area contributed by atoms with E-state index in [1.807, 2.05) is 13.1 Å². The molecule has 3 nitrogen and oxygen atoms in total. The average Bonchev–Trinajstić information content (AvgIpc) is 2.16. The first-order valence-electron chi connectivity index (χ1n) is 6.18. The highest BCUT2D eigenvalue weighted by atomic mass is 16.5. The average molecular weight is 225 g/mol. The summed E-state index contributed by atoms with van der Waals surface area (Å²) in [6, 6.07) is 0. The number of hydrogen-bond donors (Lipinski definition) is 0. The van der Waals surface area contributed by atoms with Crippen molar-refractivity contribution in [1.82, 2.24) is 0 Å². The fourth-order valence-electron chi connectivity index (χ4n) is 1.91. The van der Waals surface area contributed by atoms with Crippen LogP contribution in [0.25, 0.3) is 0 Å². The lowest BCUT2D eigenvalue weighted by Gasteiger charge is -2.29. The Hall–Kier alpha value is -0.700. The second-order valence-electron chi connectivity index (χ2n) is 5.04. The molecule has 0 bridgehead atoms. The molecule has 1 saturated carbocycles. The number of carbonyl (C=O) groups excluding carboxylic acids is 1. The third-order valence-corrected chi connectivity index (χ3v) is 3.23. The van der Waals surface area contributed by atoms with Crippen LogP contribution in [-0.4, -0.2) is 31.3 Å². The highest BCUT2D eigenvalue weighted by Crippen LogP contribution is 2.30. The minimum absolute atomic E-state index is 0.0875. The van der Waals surface area contributed by atoms with Crippen LogP contribution < -0.4 is 0 Å². The monoisotopic (exact) mass is 225 g/mol. The van der Waals surface area contributed by atoms with Crippen molar-refractivity contribution in [1.29, 1.82) is 0 Å². The third-order valence-electron chi connectivity index (χ3n) is 3.23. The van der Waals surface area contributed by atoms with Gasteiger partial charge in [-0.1, -0.05) is 0 Å². The van der Waals surface area contributed by atoms with Crippen LogP contribution in [0.1, 0.15) is 40.0 Å². The summed E-state index contributed by atoms with van der Waals surface area (Å²) in [5, 5.41) is 0. The van der Waals surface area contributed by atoms with Crippen LogP contribution in [-0.2, 0) is 9.53 Å². The van der Waals surface area contributed by atoms with E-state index >= 15 is 0 Å². The number of aldehydes is 1. The van der Waals surface area contributed by atoms with Crippen molar-refractivity contribution in [2.45, 2.75) is 45.6 Å². The molecule has 1 fully saturated rings. The Morgan fingerprint density at radius 1 is 1.38 bits per heavy atom. The number of ether oxygens (including phenoxy) is 1. The van der Waals surface area contributed by atoms with Gasteiger partial charge in [0.25, 0.3) is 0 Å². The molecule has 1 aliphatic carbocycles. The molecule has 0 aromatic rings. The molecule has 16 heavy (non-hydrogen) atoms. The zero-order chi connectivity index (χ0) is 12.0. The molecule has 0 aromatic heterocycles. The van der Waals surface area contributed by atoms with Crippen molar-refractivity contribution in [2.75, 3.05) is 13.2 Å². The van der Waals surface area contributed by atoms with Gasteiger partial charge in [0, 0.05) is 31.2 Å². The fraction of sp³-hybridized carbons (Fsp3) is 0.846. The van der Waals surface area contributed by atoms with Crippen molar-refractivity contribution in [2.24, 2.45) is 16.8 Å². The number of nitrogens with zero attached hydrogens (tertiary/aromatic N) is 1. The van der Waals surface area contributed by atoms with Crippen LogP contribution in [0.2, 0.25) is 0 Å². The lowest BCUT2D eigenvalue weighted by Crippen LogP contribution is -2.28. The van der Waals surface area contributed by atoms with Gasteiger partial charge in [0.1, 0.15) is 6.29 Å². The van der Waals surface area contributed by atoms with E-state index in [1.165, 1.54) is 0 Å². The Bertz CT molecular complexity index is 248. The Labute approximate surface area is 98.3 Å². The molecule has 0 heterocycles. The van der Waals surface area contributed by atoms with Gasteiger partial charge < -0.3 is 9.53 Å². The number of rotatable bonds is 7. The number of hydrogen-bond acceptors (Lipinski definition) is 3. The second kappa shape index (κ2) is 6.14. The zero-order valence-electron chi connectivity index (χ0n) is 10.6. The Kier molecular flexibility index (Phi) is 5.13. The second-order valence-corrected chi connectivity index (χ2v) is 5.04. The van der Waals surface area contributed by atoms with Crippen LogP contribution in [0.4, 0.5) is 0 Å². The first-order valence-corrected chi connectivity index (χ1v) is 6.18. The molecule has 3 heteroatoms. The molecule has 92 valence electrons. The van der Waals surface area contributed by atoms with Crippen LogP contribution in [0.3, 0.4) is 0 Å². The Balaban J connectivity index is 2.19. The number of carbonyl (C=O) groups is 1. The predicted molar refractivity (Wildman–Crippen MR) is 66.0 cm³/mol. The Morgan fingerprint density at radius 3 is 2.56 bits per heavy atom. The van der Waals surface area contributed by atoms with Gasteiger partial charge in [0.15, 0.2) is 0 Å². The fourth-order valence-corrected chi connectivity index (χ4v) is 1.91. The maximum Gasteiger partial charge on any atom is 0.123 e. The lowest BCUT2D eigenvalue weighted by atomic mass is 9.75. The van der Waals surface area contributed by atoms with E-state index < -0.39 is 0 Å². The van der Waals surface area contributed by atoms with Gasteiger partial charge >= 0.3 is 0 Å². The summed E-state index contributed by atoms with van der Waals surface area (Å²) in [6.07, 6.45) is 6.09. The smallest absolute Gasteiger partial charge is 0.123 e.